The van der Waals surface area contributed by atoms with Crippen molar-refractivity contribution in [2.45, 2.75) is 32.7 Å². The molecule has 31 heavy (non-hydrogen) atoms. The molecular weight excluding hydrogens is 394 g/mol. The van der Waals surface area contributed by atoms with E-state index in [0.717, 1.165) is 31.5 Å². The monoisotopic (exact) mass is 425 g/mol. The van der Waals surface area contributed by atoms with Crippen molar-refractivity contribution in [3.63, 3.8) is 0 Å². The SMILES string of the molecule is CN=C(NCCCCn1c(C)cccc1=O)NCCN1C(=O)C2C3C=CC(C3)C2C1=O. The van der Waals surface area contributed by atoms with Crippen LogP contribution in [0.15, 0.2) is 40.1 Å². The number of aromatic nitrogens is 1. The molecule has 1 aliphatic heterocycles. The molecule has 4 atom stereocenters. The molecule has 2 bridgehead atoms. The largest absolute Gasteiger partial charge is 0.356 e. The van der Waals surface area contributed by atoms with Crippen LogP contribution in [0.1, 0.15) is 25.0 Å². The highest BCUT2D eigenvalue weighted by molar-refractivity contribution is 6.06. The summed E-state index contributed by atoms with van der Waals surface area (Å²) >= 11 is 0. The van der Waals surface area contributed by atoms with Crippen molar-refractivity contribution in [1.82, 2.24) is 20.1 Å². The van der Waals surface area contributed by atoms with Crippen LogP contribution in [0.4, 0.5) is 0 Å². The van der Waals surface area contributed by atoms with Gasteiger partial charge in [0.05, 0.1) is 11.8 Å². The number of pyridine rings is 1. The van der Waals surface area contributed by atoms with E-state index in [4.69, 9.17) is 0 Å². The normalized spacial score (nSPS) is 26.6. The molecule has 1 aromatic heterocycles. The third kappa shape index (κ3) is 4.16. The molecule has 166 valence electrons. The number of nitrogens with zero attached hydrogens (tertiary/aromatic N) is 3. The zero-order valence-electron chi connectivity index (χ0n) is 18.2. The van der Waals surface area contributed by atoms with Gasteiger partial charge in [0.25, 0.3) is 5.56 Å². The molecule has 4 rings (SSSR count). The van der Waals surface area contributed by atoms with E-state index in [9.17, 15) is 14.4 Å². The predicted octanol–water partition coefficient (Wildman–Crippen LogP) is 0.909. The molecule has 2 N–H and O–H groups in total. The van der Waals surface area contributed by atoms with Crippen LogP contribution >= 0.6 is 0 Å². The van der Waals surface area contributed by atoms with Crippen LogP contribution in [-0.4, -0.2) is 53.9 Å². The zero-order valence-corrected chi connectivity index (χ0v) is 18.2. The second-order valence-electron chi connectivity index (χ2n) is 8.62. The number of carbonyl (C=O) groups is 2. The Morgan fingerprint density at radius 1 is 1.00 bits per heavy atom. The summed E-state index contributed by atoms with van der Waals surface area (Å²) in [7, 11) is 1.70. The first-order chi connectivity index (χ1) is 15.0. The van der Waals surface area contributed by atoms with Gasteiger partial charge in [-0.05, 0) is 44.1 Å². The van der Waals surface area contributed by atoms with Gasteiger partial charge in [0, 0.05) is 45.0 Å². The van der Waals surface area contributed by atoms with Crippen LogP contribution in [0.5, 0.6) is 0 Å². The fourth-order valence-corrected chi connectivity index (χ4v) is 5.20. The summed E-state index contributed by atoms with van der Waals surface area (Å²) in [6, 6.07) is 5.30. The molecular formula is C23H31N5O3. The second-order valence-corrected chi connectivity index (χ2v) is 8.62. The summed E-state index contributed by atoms with van der Waals surface area (Å²) in [6.07, 6.45) is 6.95. The summed E-state index contributed by atoms with van der Waals surface area (Å²) in [4.78, 5) is 43.0. The number of nitrogens with one attached hydrogen (secondary N) is 2. The van der Waals surface area contributed by atoms with Gasteiger partial charge >= 0.3 is 0 Å². The minimum Gasteiger partial charge on any atom is -0.356 e. The van der Waals surface area contributed by atoms with Gasteiger partial charge in [-0.15, -0.1) is 0 Å². The van der Waals surface area contributed by atoms with E-state index in [0.29, 0.717) is 25.6 Å². The van der Waals surface area contributed by atoms with Crippen molar-refractivity contribution < 1.29 is 9.59 Å². The minimum absolute atomic E-state index is 0.0111. The number of carbonyl (C=O) groups excluding carboxylic acids is 2. The van der Waals surface area contributed by atoms with Gasteiger partial charge in [-0.1, -0.05) is 18.2 Å². The predicted molar refractivity (Wildman–Crippen MR) is 118 cm³/mol. The van der Waals surface area contributed by atoms with E-state index in [1.807, 2.05) is 13.0 Å². The van der Waals surface area contributed by atoms with Crippen LogP contribution < -0.4 is 16.2 Å². The lowest BCUT2D eigenvalue weighted by molar-refractivity contribution is -0.140. The smallest absolute Gasteiger partial charge is 0.250 e. The van der Waals surface area contributed by atoms with Gasteiger partial charge in [0.2, 0.25) is 11.8 Å². The molecule has 3 aliphatic rings. The number of allylic oxidation sites excluding steroid dienone is 2. The van der Waals surface area contributed by atoms with Crippen molar-refractivity contribution in [2.24, 2.45) is 28.7 Å². The Bertz CT molecular complexity index is 936. The van der Waals surface area contributed by atoms with Crippen LogP contribution in [-0.2, 0) is 16.1 Å². The van der Waals surface area contributed by atoms with Crippen molar-refractivity contribution in [2.75, 3.05) is 26.7 Å². The summed E-state index contributed by atoms with van der Waals surface area (Å²) < 4.78 is 1.79. The van der Waals surface area contributed by atoms with Gasteiger partial charge in [-0.25, -0.2) is 0 Å². The number of guanidine groups is 1. The number of unbranched alkanes of at least 4 members (excludes halogenated alkanes) is 1. The minimum atomic E-state index is -0.138. The van der Waals surface area contributed by atoms with E-state index >= 15 is 0 Å². The van der Waals surface area contributed by atoms with Gasteiger partial charge < -0.3 is 15.2 Å². The Balaban J connectivity index is 1.17. The van der Waals surface area contributed by atoms with E-state index in [-0.39, 0.29) is 41.0 Å². The maximum atomic E-state index is 12.7. The first kappa shape index (κ1) is 21.3. The van der Waals surface area contributed by atoms with Crippen LogP contribution in [0.25, 0.3) is 0 Å². The highest BCUT2D eigenvalue weighted by atomic mass is 16.2. The number of hydrogen-bond donors (Lipinski definition) is 2. The number of imide groups is 1. The Kier molecular flexibility index (Phi) is 6.25. The summed E-state index contributed by atoms with van der Waals surface area (Å²) in [5.74, 6) is 0.838. The third-order valence-corrected chi connectivity index (χ3v) is 6.78. The van der Waals surface area contributed by atoms with Crippen molar-refractivity contribution in [3.05, 3.63) is 46.4 Å². The Labute approximate surface area is 182 Å². The molecule has 1 saturated heterocycles. The van der Waals surface area contributed by atoms with E-state index in [1.54, 1.807) is 23.7 Å². The number of hydrogen-bond acceptors (Lipinski definition) is 4. The molecule has 8 heteroatoms. The number of rotatable bonds is 8. The molecule has 2 amide bonds. The number of aryl methyl sites for hydroxylation is 1. The highest BCUT2D eigenvalue weighted by Crippen LogP contribution is 2.52. The van der Waals surface area contributed by atoms with Crippen LogP contribution in [0.3, 0.4) is 0 Å². The lowest BCUT2D eigenvalue weighted by Crippen LogP contribution is -2.43. The number of fused-ring (bicyclic) bond motifs is 5. The summed E-state index contributed by atoms with van der Waals surface area (Å²) in [6.45, 7) is 4.19. The first-order valence-corrected chi connectivity index (χ1v) is 11.2. The average Bonchev–Trinajstić information content (AvgIpc) is 3.43. The van der Waals surface area contributed by atoms with Crippen LogP contribution in [0.2, 0.25) is 0 Å². The lowest BCUT2D eigenvalue weighted by Gasteiger charge is -2.18. The molecule has 2 heterocycles. The summed E-state index contributed by atoms with van der Waals surface area (Å²) in [5, 5.41) is 6.44. The Morgan fingerprint density at radius 2 is 1.68 bits per heavy atom. The van der Waals surface area contributed by atoms with Gasteiger partial charge in [-0.3, -0.25) is 24.3 Å². The van der Waals surface area contributed by atoms with Crippen molar-refractivity contribution >= 4 is 17.8 Å². The second kappa shape index (κ2) is 9.08. The average molecular weight is 426 g/mol. The third-order valence-electron chi connectivity index (χ3n) is 6.78. The Hall–Kier alpha value is -2.90. The molecule has 1 saturated carbocycles. The molecule has 2 fully saturated rings. The molecule has 0 aromatic carbocycles. The lowest BCUT2D eigenvalue weighted by atomic mass is 9.85. The van der Waals surface area contributed by atoms with Crippen molar-refractivity contribution in [3.8, 4) is 0 Å². The van der Waals surface area contributed by atoms with Crippen molar-refractivity contribution in [1.29, 1.82) is 0 Å². The zero-order chi connectivity index (χ0) is 22.0. The maximum absolute atomic E-state index is 12.7. The molecule has 1 aromatic rings. The highest BCUT2D eigenvalue weighted by Gasteiger charge is 2.58. The molecule has 0 radical (unpaired) electrons. The van der Waals surface area contributed by atoms with E-state index < -0.39 is 0 Å². The fourth-order valence-electron chi connectivity index (χ4n) is 5.20. The standard InChI is InChI=1S/C23H31N5O3/c1-15-6-5-7-18(29)27(15)12-4-3-10-25-23(24-2)26-11-13-28-21(30)19-16-8-9-17(14-16)20(19)22(28)31/h5-9,16-17,19-20H,3-4,10-14H2,1-2H3,(H2,24,25,26). The molecule has 8 nitrogen and oxygen atoms in total. The van der Waals surface area contributed by atoms with Gasteiger partial charge in [0.15, 0.2) is 5.96 Å². The number of amides is 2. The van der Waals surface area contributed by atoms with Gasteiger partial charge in [0.1, 0.15) is 0 Å². The molecule has 0 spiro atoms. The fraction of sp³-hybridized carbons (Fsp3) is 0.565. The molecule has 2 aliphatic carbocycles. The quantitative estimate of drug-likeness (QED) is 0.212. The Morgan fingerprint density at radius 3 is 2.32 bits per heavy atom. The van der Waals surface area contributed by atoms with E-state index in [2.05, 4.69) is 27.8 Å². The van der Waals surface area contributed by atoms with Gasteiger partial charge in [-0.2, -0.15) is 0 Å². The van der Waals surface area contributed by atoms with E-state index in [1.165, 1.54) is 4.90 Å². The number of likely N-dealkylation sites (tertiary alicyclic amines) is 1. The first-order valence-electron chi connectivity index (χ1n) is 11.2. The summed E-state index contributed by atoms with van der Waals surface area (Å²) in [5.41, 5.74) is 1.00. The number of aliphatic imine (C=N–C) groups is 1. The maximum Gasteiger partial charge on any atom is 0.250 e. The topological polar surface area (TPSA) is 95.8 Å². The van der Waals surface area contributed by atoms with Crippen LogP contribution in [0, 0.1) is 30.6 Å². The molecule has 4 unspecified atom stereocenters.